The van der Waals surface area contributed by atoms with Crippen molar-refractivity contribution in [1.29, 1.82) is 0 Å². The lowest BCUT2D eigenvalue weighted by molar-refractivity contribution is 0.571. The van der Waals surface area contributed by atoms with Gasteiger partial charge in [0.15, 0.2) is 0 Å². The molecule has 1 N–H and O–H groups in total. The lowest BCUT2D eigenvalue weighted by Crippen LogP contribution is -2.25. The van der Waals surface area contributed by atoms with E-state index in [1.807, 2.05) is 0 Å². The molecule has 0 bridgehead atoms. The summed E-state index contributed by atoms with van der Waals surface area (Å²) in [4.78, 5) is -0.207. The highest BCUT2D eigenvalue weighted by molar-refractivity contribution is 14.1. The van der Waals surface area contributed by atoms with Gasteiger partial charge >= 0.3 is 0 Å². The Kier molecular flexibility index (Phi) is 7.56. The van der Waals surface area contributed by atoms with E-state index in [2.05, 4.69) is 27.3 Å². The minimum atomic E-state index is -3.73. The van der Waals surface area contributed by atoms with E-state index >= 15 is 0 Å². The number of benzene rings is 1. The van der Waals surface area contributed by atoms with Crippen LogP contribution in [0.25, 0.3) is 0 Å². The first-order valence-electron chi connectivity index (χ1n) is 5.98. The molecule has 0 unspecified atom stereocenters. The second-order valence-corrected chi connectivity index (χ2v) is 7.30. The van der Waals surface area contributed by atoms with Crippen LogP contribution in [0.3, 0.4) is 0 Å². The highest BCUT2D eigenvalue weighted by Crippen LogP contribution is 2.21. The van der Waals surface area contributed by atoms with Crippen molar-refractivity contribution in [1.82, 2.24) is 4.72 Å². The van der Waals surface area contributed by atoms with Gasteiger partial charge in [0.1, 0.15) is 10.7 Å². The van der Waals surface area contributed by atoms with Crippen molar-refractivity contribution in [3.8, 4) is 0 Å². The number of hydrogen-bond acceptors (Lipinski definition) is 2. The fourth-order valence-electron chi connectivity index (χ4n) is 1.54. The van der Waals surface area contributed by atoms with Crippen molar-refractivity contribution < 1.29 is 12.8 Å². The van der Waals surface area contributed by atoms with E-state index in [4.69, 9.17) is 11.6 Å². The molecular formula is C12H16ClFINO2S. The normalized spacial score (nSPS) is 11.7. The molecule has 0 fully saturated rings. The van der Waals surface area contributed by atoms with Crippen molar-refractivity contribution >= 4 is 44.2 Å². The van der Waals surface area contributed by atoms with Crippen molar-refractivity contribution in [2.75, 3.05) is 11.0 Å². The molecule has 0 radical (unpaired) electrons. The molecule has 0 amide bonds. The van der Waals surface area contributed by atoms with Gasteiger partial charge in [0.05, 0.1) is 5.02 Å². The van der Waals surface area contributed by atoms with Crippen molar-refractivity contribution in [3.63, 3.8) is 0 Å². The van der Waals surface area contributed by atoms with E-state index in [1.165, 1.54) is 6.07 Å². The number of nitrogens with one attached hydrogen (secondary N) is 1. The highest BCUT2D eigenvalue weighted by atomic mass is 127. The number of hydrogen-bond donors (Lipinski definition) is 1. The van der Waals surface area contributed by atoms with Crippen LogP contribution in [0.1, 0.15) is 25.7 Å². The minimum Gasteiger partial charge on any atom is -0.211 e. The molecule has 1 aromatic rings. The van der Waals surface area contributed by atoms with Crippen LogP contribution in [0.15, 0.2) is 23.1 Å². The molecule has 3 nitrogen and oxygen atoms in total. The molecule has 1 aromatic carbocycles. The molecule has 0 atom stereocenters. The van der Waals surface area contributed by atoms with E-state index < -0.39 is 15.8 Å². The maximum atomic E-state index is 13.1. The number of unbranched alkanes of at least 4 members (excludes halogenated alkanes) is 3. The number of sulfonamides is 1. The van der Waals surface area contributed by atoms with Crippen LogP contribution in [0, 0.1) is 5.82 Å². The van der Waals surface area contributed by atoms with E-state index in [0.29, 0.717) is 6.54 Å². The molecule has 0 aliphatic heterocycles. The molecular weight excluding hydrogens is 404 g/mol. The van der Waals surface area contributed by atoms with Gasteiger partial charge in [-0.2, -0.15) is 0 Å². The van der Waals surface area contributed by atoms with Crippen LogP contribution in [0.4, 0.5) is 4.39 Å². The summed E-state index contributed by atoms with van der Waals surface area (Å²) < 4.78 is 40.5. The SMILES string of the molecule is O=S(=O)(NCCCCCCI)c1cc(F)ccc1Cl. The summed E-state index contributed by atoms with van der Waals surface area (Å²) in [5.74, 6) is -0.619. The summed E-state index contributed by atoms with van der Waals surface area (Å²) in [5.41, 5.74) is 0. The number of halogens is 3. The molecule has 7 heteroatoms. The van der Waals surface area contributed by atoms with Crippen molar-refractivity contribution in [2.45, 2.75) is 30.6 Å². The largest absolute Gasteiger partial charge is 0.242 e. The van der Waals surface area contributed by atoms with Gasteiger partial charge in [-0.05, 0) is 35.5 Å². The van der Waals surface area contributed by atoms with Gasteiger partial charge in [-0.25, -0.2) is 17.5 Å². The van der Waals surface area contributed by atoms with Crippen molar-refractivity contribution in [3.05, 3.63) is 29.0 Å². The molecule has 0 aliphatic carbocycles. The Morgan fingerprint density at radius 3 is 2.58 bits per heavy atom. The van der Waals surface area contributed by atoms with E-state index in [-0.39, 0.29) is 9.92 Å². The lowest BCUT2D eigenvalue weighted by Gasteiger charge is -2.08. The maximum absolute atomic E-state index is 13.1. The van der Waals surface area contributed by atoms with E-state index in [9.17, 15) is 12.8 Å². The fraction of sp³-hybridized carbons (Fsp3) is 0.500. The monoisotopic (exact) mass is 419 g/mol. The quantitative estimate of drug-likeness (QED) is 0.396. The third-order valence-corrected chi connectivity index (χ3v) is 5.24. The maximum Gasteiger partial charge on any atom is 0.242 e. The molecule has 19 heavy (non-hydrogen) atoms. The van der Waals surface area contributed by atoms with Crippen LogP contribution in [-0.2, 0) is 10.0 Å². The Morgan fingerprint density at radius 2 is 1.89 bits per heavy atom. The predicted octanol–water partition coefficient (Wildman–Crippen LogP) is 3.75. The molecule has 0 saturated heterocycles. The molecule has 0 saturated carbocycles. The molecule has 1 rings (SSSR count). The number of alkyl halides is 1. The molecule has 0 spiro atoms. The first kappa shape index (κ1) is 17.1. The van der Waals surface area contributed by atoms with Gasteiger partial charge in [-0.15, -0.1) is 0 Å². The summed E-state index contributed by atoms with van der Waals surface area (Å²) in [6.45, 7) is 0.344. The Balaban J connectivity index is 2.54. The third-order valence-electron chi connectivity index (χ3n) is 2.54. The summed E-state index contributed by atoms with van der Waals surface area (Å²) >= 11 is 8.09. The standard InChI is InChI=1S/C12H16ClFINO2S/c13-11-6-5-10(14)9-12(11)19(17,18)16-8-4-2-1-3-7-15/h5-6,9,16H,1-4,7-8H2. The van der Waals surface area contributed by atoms with E-state index in [1.54, 1.807) is 0 Å². The zero-order valence-corrected chi connectivity index (χ0v) is 14.1. The smallest absolute Gasteiger partial charge is 0.211 e. The second kappa shape index (κ2) is 8.39. The van der Waals surface area contributed by atoms with Gasteiger partial charge in [0.2, 0.25) is 10.0 Å². The average Bonchev–Trinajstić information content (AvgIpc) is 2.36. The Morgan fingerprint density at radius 1 is 1.21 bits per heavy atom. The van der Waals surface area contributed by atoms with Gasteiger partial charge < -0.3 is 0 Å². The molecule has 0 heterocycles. The van der Waals surface area contributed by atoms with Crippen LogP contribution >= 0.6 is 34.2 Å². The van der Waals surface area contributed by atoms with Crippen molar-refractivity contribution in [2.24, 2.45) is 0 Å². The Hall–Kier alpha value is 0.0800. The molecule has 0 aromatic heterocycles. The van der Waals surface area contributed by atoms with E-state index in [0.717, 1.165) is 42.2 Å². The van der Waals surface area contributed by atoms with Gasteiger partial charge in [0.25, 0.3) is 0 Å². The summed E-state index contributed by atoms with van der Waals surface area (Å²) in [6.07, 6.45) is 3.97. The zero-order chi connectivity index (χ0) is 14.3. The first-order valence-corrected chi connectivity index (χ1v) is 9.37. The predicted molar refractivity (Wildman–Crippen MR) is 84.0 cm³/mol. The third kappa shape index (κ3) is 5.93. The van der Waals surface area contributed by atoms with Gasteiger partial charge in [-0.1, -0.05) is 47.0 Å². The molecule has 0 aliphatic rings. The fourth-order valence-corrected chi connectivity index (χ4v) is 3.66. The van der Waals surface area contributed by atoms with Crippen LogP contribution in [0.2, 0.25) is 5.02 Å². The second-order valence-electron chi connectivity index (χ2n) is 4.08. The number of rotatable bonds is 8. The zero-order valence-electron chi connectivity index (χ0n) is 10.3. The molecule has 108 valence electrons. The van der Waals surface area contributed by atoms with Gasteiger partial charge in [-0.3, -0.25) is 0 Å². The summed E-state index contributed by atoms with van der Waals surface area (Å²) in [6, 6.07) is 3.30. The highest BCUT2D eigenvalue weighted by Gasteiger charge is 2.17. The first-order chi connectivity index (χ1) is 8.97. The van der Waals surface area contributed by atoms with Gasteiger partial charge in [0, 0.05) is 6.54 Å². The van der Waals surface area contributed by atoms with Crippen LogP contribution < -0.4 is 4.72 Å². The Bertz CT molecular complexity index is 510. The Labute approximate surface area is 132 Å². The minimum absolute atomic E-state index is 0.0267. The van der Waals surface area contributed by atoms with Crippen LogP contribution in [0.5, 0.6) is 0 Å². The summed E-state index contributed by atoms with van der Waals surface area (Å²) in [7, 11) is -3.73. The summed E-state index contributed by atoms with van der Waals surface area (Å²) in [5, 5.41) is 0.0267. The topological polar surface area (TPSA) is 46.2 Å². The van der Waals surface area contributed by atoms with Crippen LogP contribution in [-0.4, -0.2) is 19.4 Å². The lowest BCUT2D eigenvalue weighted by atomic mass is 10.2. The average molecular weight is 420 g/mol.